The number of rotatable bonds is 11. The van der Waals surface area contributed by atoms with E-state index in [2.05, 4.69) is 24.5 Å². The Morgan fingerprint density at radius 2 is 1.11 bits per heavy atom. The molecular formula is C22H40N2O4. The molecule has 0 bridgehead atoms. The highest BCUT2D eigenvalue weighted by Crippen LogP contribution is 2.16. The van der Waals surface area contributed by atoms with E-state index in [-0.39, 0.29) is 24.1 Å². The van der Waals surface area contributed by atoms with Gasteiger partial charge in [-0.3, -0.25) is 9.59 Å². The minimum Gasteiger partial charge on any atom is -0.462 e. The number of nitrogens with one attached hydrogen (secondary N) is 2. The van der Waals surface area contributed by atoms with Crippen molar-refractivity contribution < 1.29 is 19.1 Å². The lowest BCUT2D eigenvalue weighted by Crippen LogP contribution is -2.40. The quantitative estimate of drug-likeness (QED) is 0.411. The number of esters is 2. The standard InChI is InChI=1S/C22H40N2O4/c1-17-15-19(11-13-23-17)27-21(25)9-7-5-3-4-6-8-10-22(26)28-20-12-14-24-18(2)16-20/h17-20,23-24H,3-16H2,1-2H3. The van der Waals surface area contributed by atoms with Gasteiger partial charge in [-0.05, 0) is 65.5 Å². The zero-order valence-corrected chi connectivity index (χ0v) is 17.8. The molecule has 0 amide bonds. The van der Waals surface area contributed by atoms with Gasteiger partial charge in [0.25, 0.3) is 0 Å². The summed E-state index contributed by atoms with van der Waals surface area (Å²) in [6, 6.07) is 0.874. The fourth-order valence-electron chi connectivity index (χ4n) is 4.12. The Labute approximate surface area is 170 Å². The summed E-state index contributed by atoms with van der Waals surface area (Å²) in [6.07, 6.45) is 11.1. The van der Waals surface area contributed by atoms with Crippen molar-refractivity contribution in [1.29, 1.82) is 0 Å². The van der Waals surface area contributed by atoms with Crippen LogP contribution in [0.15, 0.2) is 0 Å². The summed E-state index contributed by atoms with van der Waals surface area (Å²) >= 11 is 0. The van der Waals surface area contributed by atoms with Crippen molar-refractivity contribution in [3.63, 3.8) is 0 Å². The molecule has 0 radical (unpaired) electrons. The normalized spacial score (nSPS) is 27.9. The minimum atomic E-state index is -0.0472. The third-order valence-corrected chi connectivity index (χ3v) is 5.76. The molecule has 0 aliphatic carbocycles. The molecule has 2 N–H and O–H groups in total. The van der Waals surface area contributed by atoms with Gasteiger partial charge < -0.3 is 20.1 Å². The molecule has 2 aliphatic rings. The van der Waals surface area contributed by atoms with Gasteiger partial charge in [0, 0.05) is 24.9 Å². The van der Waals surface area contributed by atoms with Gasteiger partial charge in [-0.15, -0.1) is 0 Å². The largest absolute Gasteiger partial charge is 0.462 e. The molecule has 2 saturated heterocycles. The van der Waals surface area contributed by atoms with E-state index in [0.717, 1.165) is 77.3 Å². The smallest absolute Gasteiger partial charge is 0.306 e. The number of hydrogen-bond acceptors (Lipinski definition) is 6. The maximum atomic E-state index is 11.9. The van der Waals surface area contributed by atoms with Crippen LogP contribution in [0.5, 0.6) is 0 Å². The van der Waals surface area contributed by atoms with E-state index in [4.69, 9.17) is 9.47 Å². The minimum absolute atomic E-state index is 0.0472. The first-order valence-electron chi connectivity index (χ1n) is 11.4. The van der Waals surface area contributed by atoms with Crippen molar-refractivity contribution in [2.24, 2.45) is 0 Å². The van der Waals surface area contributed by atoms with Crippen LogP contribution in [0, 0.1) is 0 Å². The molecule has 6 heteroatoms. The van der Waals surface area contributed by atoms with E-state index in [1.165, 1.54) is 0 Å². The molecule has 2 heterocycles. The van der Waals surface area contributed by atoms with Crippen molar-refractivity contribution in [3.8, 4) is 0 Å². The molecule has 0 aromatic rings. The van der Waals surface area contributed by atoms with E-state index in [1.54, 1.807) is 0 Å². The van der Waals surface area contributed by atoms with Crippen molar-refractivity contribution in [1.82, 2.24) is 10.6 Å². The second-order valence-electron chi connectivity index (χ2n) is 8.60. The summed E-state index contributed by atoms with van der Waals surface area (Å²) in [5.41, 5.74) is 0. The van der Waals surface area contributed by atoms with Crippen LogP contribution < -0.4 is 10.6 Å². The number of carbonyl (C=O) groups is 2. The van der Waals surface area contributed by atoms with E-state index >= 15 is 0 Å². The van der Waals surface area contributed by atoms with Crippen LogP contribution in [0.3, 0.4) is 0 Å². The molecule has 28 heavy (non-hydrogen) atoms. The molecule has 4 unspecified atom stereocenters. The zero-order chi connectivity index (χ0) is 20.2. The number of carbonyl (C=O) groups excluding carboxylic acids is 2. The molecule has 0 saturated carbocycles. The first kappa shape index (κ1) is 23.1. The molecule has 0 aromatic heterocycles. The highest BCUT2D eigenvalue weighted by molar-refractivity contribution is 5.69. The Kier molecular flexibility index (Phi) is 10.9. The van der Waals surface area contributed by atoms with Gasteiger partial charge in [-0.25, -0.2) is 0 Å². The first-order chi connectivity index (χ1) is 13.5. The number of piperidine rings is 2. The summed E-state index contributed by atoms with van der Waals surface area (Å²) in [6.45, 7) is 6.13. The lowest BCUT2D eigenvalue weighted by molar-refractivity contribution is -0.151. The van der Waals surface area contributed by atoms with Crippen LogP contribution in [-0.2, 0) is 19.1 Å². The Balaban J connectivity index is 1.39. The van der Waals surface area contributed by atoms with Gasteiger partial charge in [-0.1, -0.05) is 25.7 Å². The summed E-state index contributed by atoms with van der Waals surface area (Å²) in [7, 11) is 0. The Morgan fingerprint density at radius 3 is 1.50 bits per heavy atom. The first-order valence-corrected chi connectivity index (χ1v) is 11.4. The fraction of sp³-hybridized carbons (Fsp3) is 0.909. The summed E-state index contributed by atoms with van der Waals surface area (Å²) < 4.78 is 11.1. The summed E-state index contributed by atoms with van der Waals surface area (Å²) in [5, 5.41) is 6.74. The second-order valence-corrected chi connectivity index (χ2v) is 8.60. The van der Waals surface area contributed by atoms with E-state index in [1.807, 2.05) is 0 Å². The molecule has 2 fully saturated rings. The fourth-order valence-corrected chi connectivity index (χ4v) is 4.12. The number of hydrogen-bond donors (Lipinski definition) is 2. The van der Waals surface area contributed by atoms with Crippen molar-refractivity contribution in [3.05, 3.63) is 0 Å². The molecule has 0 spiro atoms. The Bertz CT molecular complexity index is 429. The monoisotopic (exact) mass is 396 g/mol. The predicted octanol–water partition coefficient (Wildman–Crippen LogP) is 3.47. The maximum absolute atomic E-state index is 11.9. The van der Waals surface area contributed by atoms with Gasteiger partial charge in [0.1, 0.15) is 12.2 Å². The summed E-state index contributed by atoms with van der Waals surface area (Å²) in [4.78, 5) is 23.8. The van der Waals surface area contributed by atoms with Crippen LogP contribution in [0.4, 0.5) is 0 Å². The third-order valence-electron chi connectivity index (χ3n) is 5.76. The lowest BCUT2D eigenvalue weighted by atomic mass is 10.0. The van der Waals surface area contributed by atoms with Crippen LogP contribution in [0.1, 0.15) is 90.9 Å². The van der Waals surface area contributed by atoms with Gasteiger partial charge in [0.2, 0.25) is 0 Å². The van der Waals surface area contributed by atoms with Crippen molar-refractivity contribution in [2.45, 2.75) is 115 Å². The van der Waals surface area contributed by atoms with Crippen molar-refractivity contribution >= 4 is 11.9 Å². The molecule has 162 valence electrons. The van der Waals surface area contributed by atoms with E-state index < -0.39 is 0 Å². The maximum Gasteiger partial charge on any atom is 0.306 e. The van der Waals surface area contributed by atoms with Crippen LogP contribution in [0.25, 0.3) is 0 Å². The third kappa shape index (κ3) is 9.87. The number of unbranched alkanes of at least 4 members (excludes halogenated alkanes) is 5. The van der Waals surface area contributed by atoms with Gasteiger partial charge in [-0.2, -0.15) is 0 Å². The molecule has 2 aliphatic heterocycles. The molecule has 6 nitrogen and oxygen atoms in total. The zero-order valence-electron chi connectivity index (χ0n) is 17.8. The molecule has 2 rings (SSSR count). The lowest BCUT2D eigenvalue weighted by Gasteiger charge is -2.27. The topological polar surface area (TPSA) is 76.7 Å². The van der Waals surface area contributed by atoms with Crippen LogP contribution in [0.2, 0.25) is 0 Å². The molecule has 4 atom stereocenters. The highest BCUT2D eigenvalue weighted by Gasteiger charge is 2.22. The molecule has 0 aromatic carbocycles. The van der Waals surface area contributed by atoms with Gasteiger partial charge in [0.05, 0.1) is 0 Å². The van der Waals surface area contributed by atoms with Crippen molar-refractivity contribution in [2.75, 3.05) is 13.1 Å². The van der Waals surface area contributed by atoms with E-state index in [0.29, 0.717) is 24.9 Å². The highest BCUT2D eigenvalue weighted by atomic mass is 16.5. The Hall–Kier alpha value is -1.14. The number of ether oxygens (including phenoxy) is 2. The average molecular weight is 397 g/mol. The predicted molar refractivity (Wildman–Crippen MR) is 110 cm³/mol. The van der Waals surface area contributed by atoms with Crippen LogP contribution in [-0.4, -0.2) is 49.3 Å². The SMILES string of the molecule is CC1CC(OC(=O)CCCCCCCCC(=O)OC2CCNC(C)C2)CCN1. The second kappa shape index (κ2) is 13.2. The molecular weight excluding hydrogens is 356 g/mol. The Morgan fingerprint density at radius 1 is 0.714 bits per heavy atom. The van der Waals surface area contributed by atoms with E-state index in [9.17, 15) is 9.59 Å². The summed E-state index contributed by atoms with van der Waals surface area (Å²) in [5.74, 6) is -0.0943. The average Bonchev–Trinajstić information content (AvgIpc) is 2.64. The van der Waals surface area contributed by atoms with Gasteiger partial charge >= 0.3 is 11.9 Å². The van der Waals surface area contributed by atoms with Crippen LogP contribution >= 0.6 is 0 Å². The van der Waals surface area contributed by atoms with Gasteiger partial charge in [0.15, 0.2) is 0 Å².